The SMILES string of the molecule is C[C@@H](NP(C)P)[C@H](N=C(c1ccccc1)c1ccccc1[N-]C(=O)[C@@H]1CCCN1Cc1ccccc1)C(=O)O.[Ni+2]. The number of nitrogens with one attached hydrogen (secondary N) is 1. The van der Waals surface area contributed by atoms with Gasteiger partial charge in [-0.05, 0) is 51.9 Å². The zero-order valence-corrected chi connectivity index (χ0v) is 25.6. The number of benzene rings is 3. The number of aliphatic imine (C=N–C) groups is 1. The normalized spacial score (nSPS) is 17.9. The number of amides is 1. The van der Waals surface area contributed by atoms with E-state index in [2.05, 4.69) is 36.4 Å². The second-order valence-corrected chi connectivity index (χ2v) is 13.5. The van der Waals surface area contributed by atoms with E-state index in [-0.39, 0.29) is 28.4 Å². The van der Waals surface area contributed by atoms with E-state index in [0.717, 1.165) is 24.9 Å². The Hall–Kier alpha value is -2.46. The molecule has 1 aliphatic heterocycles. The van der Waals surface area contributed by atoms with Gasteiger partial charge in [-0.25, -0.2) is 4.79 Å². The van der Waals surface area contributed by atoms with E-state index in [9.17, 15) is 14.7 Å². The van der Waals surface area contributed by atoms with Gasteiger partial charge in [-0.3, -0.25) is 15.0 Å². The van der Waals surface area contributed by atoms with Gasteiger partial charge >= 0.3 is 22.5 Å². The molecule has 0 radical (unpaired) electrons. The van der Waals surface area contributed by atoms with Crippen molar-refractivity contribution >= 4 is 40.0 Å². The second-order valence-electron chi connectivity index (χ2n) is 9.74. The molecular formula is C30H35N4NiO3P2+. The van der Waals surface area contributed by atoms with Crippen LogP contribution in [-0.2, 0) is 32.6 Å². The Morgan fingerprint density at radius 3 is 2.35 bits per heavy atom. The first-order chi connectivity index (χ1) is 18.8. The van der Waals surface area contributed by atoms with Gasteiger partial charge in [0, 0.05) is 18.2 Å². The number of nitrogens with zero attached hydrogens (tertiary/aromatic N) is 3. The summed E-state index contributed by atoms with van der Waals surface area (Å²) in [7, 11) is 2.08. The topological polar surface area (TPSA) is 96.1 Å². The van der Waals surface area contributed by atoms with Crippen LogP contribution in [0, 0.1) is 0 Å². The fourth-order valence-electron chi connectivity index (χ4n) is 4.88. The molecule has 1 saturated heterocycles. The van der Waals surface area contributed by atoms with Crippen molar-refractivity contribution in [1.29, 1.82) is 0 Å². The molecular weight excluding hydrogens is 585 g/mol. The van der Waals surface area contributed by atoms with Crippen LogP contribution in [0.4, 0.5) is 5.69 Å². The Balaban J connectivity index is 0.00000441. The van der Waals surface area contributed by atoms with Crippen LogP contribution < -0.4 is 5.09 Å². The van der Waals surface area contributed by atoms with Crippen LogP contribution in [0.5, 0.6) is 0 Å². The summed E-state index contributed by atoms with van der Waals surface area (Å²) in [6.45, 7) is 5.38. The predicted octanol–water partition coefficient (Wildman–Crippen LogP) is 5.97. The Labute approximate surface area is 250 Å². The summed E-state index contributed by atoms with van der Waals surface area (Å²) in [6, 6.07) is 25.3. The summed E-state index contributed by atoms with van der Waals surface area (Å²) in [5, 5.41) is 18.0. The molecule has 7 nitrogen and oxygen atoms in total. The van der Waals surface area contributed by atoms with E-state index in [1.807, 2.05) is 80.3 Å². The number of para-hydroxylation sites is 1. The average Bonchev–Trinajstić information content (AvgIpc) is 3.38. The summed E-state index contributed by atoms with van der Waals surface area (Å²) < 4.78 is 0. The molecule has 40 heavy (non-hydrogen) atoms. The number of likely N-dealkylation sites (tertiary alicyclic amines) is 1. The number of hydrogen-bond donors (Lipinski definition) is 2. The zero-order chi connectivity index (χ0) is 27.8. The molecule has 0 aromatic heterocycles. The molecule has 212 valence electrons. The first-order valence-corrected chi connectivity index (χ1v) is 16.5. The van der Waals surface area contributed by atoms with Gasteiger partial charge < -0.3 is 15.2 Å². The molecule has 1 amide bonds. The Bertz CT molecular complexity index is 1290. The van der Waals surface area contributed by atoms with Gasteiger partial charge in [0.15, 0.2) is 6.04 Å². The Morgan fingerprint density at radius 2 is 1.70 bits per heavy atom. The third-order valence-corrected chi connectivity index (χ3v) is 7.98. The van der Waals surface area contributed by atoms with E-state index >= 15 is 0 Å². The third kappa shape index (κ3) is 8.52. The van der Waals surface area contributed by atoms with Gasteiger partial charge in [0.2, 0.25) is 0 Å². The van der Waals surface area contributed by atoms with E-state index in [4.69, 9.17) is 4.99 Å². The smallest absolute Gasteiger partial charge is 0.625 e. The summed E-state index contributed by atoms with van der Waals surface area (Å²) in [5.74, 6) is -1.20. The van der Waals surface area contributed by atoms with Crippen molar-refractivity contribution in [3.63, 3.8) is 0 Å². The van der Waals surface area contributed by atoms with Gasteiger partial charge in [-0.15, -0.1) is 5.69 Å². The summed E-state index contributed by atoms with van der Waals surface area (Å²) in [4.78, 5) is 32.8. The number of hydrogen-bond acceptors (Lipinski definition) is 5. The van der Waals surface area contributed by atoms with Gasteiger partial charge in [-0.1, -0.05) is 93.9 Å². The van der Waals surface area contributed by atoms with Crippen LogP contribution in [0.25, 0.3) is 5.32 Å². The standard InChI is InChI=1S/C30H36N4O3P2.Ni/c1-21(33-39(2)38)27(30(36)37)32-28(23-14-7-4-8-15-23)24-16-9-10-17-25(24)31-29(35)26-18-11-19-34(26)20-22-12-5-3-6-13-22;/h3-10,12-17,21,26-27,33H,11,18-20,38H2,1-2H3,(H2,31,32,35,36,37);/q;+2/p-1/t21-,26+,27+,39?;/m1./s1. The van der Waals surface area contributed by atoms with Gasteiger partial charge in [-0.2, -0.15) is 0 Å². The Kier molecular flexibility index (Phi) is 12.4. The van der Waals surface area contributed by atoms with Crippen LogP contribution in [0.15, 0.2) is 89.9 Å². The zero-order valence-electron chi connectivity index (χ0n) is 22.6. The molecule has 0 saturated carbocycles. The first-order valence-electron chi connectivity index (χ1n) is 13.1. The van der Waals surface area contributed by atoms with Gasteiger partial charge in [0.05, 0.1) is 17.7 Å². The monoisotopic (exact) mass is 619 g/mol. The van der Waals surface area contributed by atoms with Crippen molar-refractivity contribution in [1.82, 2.24) is 9.99 Å². The van der Waals surface area contributed by atoms with E-state index in [1.165, 1.54) is 5.56 Å². The molecule has 3 aromatic carbocycles. The molecule has 0 bridgehead atoms. The second kappa shape index (κ2) is 15.5. The van der Waals surface area contributed by atoms with E-state index < -0.39 is 25.8 Å². The molecule has 0 spiro atoms. The van der Waals surface area contributed by atoms with Gasteiger partial charge in [0.25, 0.3) is 0 Å². The molecule has 0 aliphatic carbocycles. The van der Waals surface area contributed by atoms with Crippen LogP contribution in [0.1, 0.15) is 36.5 Å². The predicted molar refractivity (Wildman–Crippen MR) is 163 cm³/mol. The average molecular weight is 620 g/mol. The van der Waals surface area contributed by atoms with Crippen molar-refractivity contribution in [2.45, 2.75) is 44.4 Å². The number of carboxylic acid groups (broad SMARTS) is 1. The van der Waals surface area contributed by atoms with Crippen molar-refractivity contribution in [2.24, 2.45) is 4.99 Å². The molecule has 10 heteroatoms. The van der Waals surface area contributed by atoms with Crippen molar-refractivity contribution in [2.75, 3.05) is 13.2 Å². The fraction of sp³-hybridized carbons (Fsp3) is 0.300. The van der Waals surface area contributed by atoms with Crippen LogP contribution in [-0.4, -0.2) is 58.9 Å². The molecule has 4 rings (SSSR count). The first kappa shape index (κ1) is 32.1. The number of carbonyl (C=O) groups excluding carboxylic acids is 1. The fourth-order valence-corrected chi connectivity index (χ4v) is 6.37. The maximum Gasteiger partial charge on any atom is 2.00 e. The maximum atomic E-state index is 13.5. The van der Waals surface area contributed by atoms with Crippen LogP contribution in [0.3, 0.4) is 0 Å². The number of carbonyl (C=O) groups is 2. The van der Waals surface area contributed by atoms with E-state index in [1.54, 1.807) is 6.07 Å². The summed E-state index contributed by atoms with van der Waals surface area (Å²) in [6.07, 6.45) is 1.70. The minimum Gasteiger partial charge on any atom is -0.625 e. The van der Waals surface area contributed by atoms with E-state index in [0.29, 0.717) is 23.5 Å². The minimum absolute atomic E-state index is 0. The third-order valence-electron chi connectivity index (χ3n) is 6.72. The summed E-state index contributed by atoms with van der Waals surface area (Å²) in [5.41, 5.74) is 3.56. The van der Waals surface area contributed by atoms with Crippen LogP contribution in [0.2, 0.25) is 0 Å². The maximum absolute atomic E-state index is 13.5. The molecule has 1 heterocycles. The number of aliphatic carboxylic acids is 1. The largest absolute Gasteiger partial charge is 2.00 e. The summed E-state index contributed by atoms with van der Waals surface area (Å²) >= 11 is 0. The molecule has 1 aliphatic rings. The molecule has 2 unspecified atom stereocenters. The molecule has 5 atom stereocenters. The number of rotatable bonds is 11. The minimum atomic E-state index is -1.02. The Morgan fingerprint density at radius 1 is 1.07 bits per heavy atom. The van der Waals surface area contributed by atoms with Crippen LogP contribution >= 0.6 is 16.7 Å². The number of carboxylic acids is 1. The quantitative estimate of drug-likeness (QED) is 0.157. The van der Waals surface area contributed by atoms with Crippen molar-refractivity contribution in [3.8, 4) is 0 Å². The van der Waals surface area contributed by atoms with Gasteiger partial charge in [0.1, 0.15) is 0 Å². The molecule has 3 aromatic rings. The van der Waals surface area contributed by atoms with Crippen molar-refractivity contribution in [3.05, 3.63) is 107 Å². The molecule has 1 fully saturated rings. The molecule has 2 N–H and O–H groups in total. The van der Waals surface area contributed by atoms with Crippen molar-refractivity contribution < 1.29 is 31.2 Å².